The highest BCUT2D eigenvalue weighted by molar-refractivity contribution is 5.91. The lowest BCUT2D eigenvalue weighted by Gasteiger charge is -2.37. The molecule has 2 fully saturated rings. The van der Waals surface area contributed by atoms with Gasteiger partial charge in [-0.2, -0.15) is 0 Å². The van der Waals surface area contributed by atoms with Crippen molar-refractivity contribution < 1.29 is 19.4 Å². The Morgan fingerprint density at radius 2 is 1.79 bits per heavy atom. The molecule has 2 saturated carbocycles. The summed E-state index contributed by atoms with van der Waals surface area (Å²) in [4.78, 5) is 15.1. The Balaban J connectivity index is 1.66. The summed E-state index contributed by atoms with van der Waals surface area (Å²) in [7, 11) is 1.93. The molecule has 1 aliphatic heterocycles. The largest absolute Gasteiger partial charge is 0.459 e. The van der Waals surface area contributed by atoms with Crippen LogP contribution >= 0.6 is 0 Å². The summed E-state index contributed by atoms with van der Waals surface area (Å²) < 4.78 is 12.0. The zero-order valence-corrected chi connectivity index (χ0v) is 17.6. The van der Waals surface area contributed by atoms with Crippen LogP contribution in [0, 0.1) is 11.8 Å². The van der Waals surface area contributed by atoms with Gasteiger partial charge in [-0.05, 0) is 56.4 Å². The van der Waals surface area contributed by atoms with Crippen molar-refractivity contribution in [1.29, 1.82) is 0 Å². The minimum Gasteiger partial charge on any atom is -0.459 e. The Labute approximate surface area is 170 Å². The number of unbranched alkanes of at least 4 members (excludes halogenated alkanes) is 1. The highest BCUT2D eigenvalue weighted by atomic mass is 16.7. The van der Waals surface area contributed by atoms with Crippen LogP contribution in [0.4, 0.5) is 0 Å². The Kier molecular flexibility index (Phi) is 8.66. The molecule has 5 nitrogen and oxygen atoms in total. The number of ether oxygens (including phenoxy) is 2. The zero-order chi connectivity index (χ0) is 19.8. The van der Waals surface area contributed by atoms with Crippen LogP contribution in [0.5, 0.6) is 0 Å². The Bertz CT molecular complexity index is 509. The Hall–Kier alpha value is -1.07. The van der Waals surface area contributed by atoms with E-state index in [4.69, 9.17) is 14.6 Å². The lowest BCUT2D eigenvalue weighted by Crippen LogP contribution is -2.42. The predicted molar refractivity (Wildman–Crippen MR) is 110 cm³/mol. The summed E-state index contributed by atoms with van der Waals surface area (Å²) in [5.41, 5.74) is 0. The third-order valence-corrected chi connectivity index (χ3v) is 6.85. The van der Waals surface area contributed by atoms with Crippen molar-refractivity contribution in [2.75, 3.05) is 20.3 Å². The van der Waals surface area contributed by atoms with E-state index in [1.165, 1.54) is 51.4 Å². The number of aliphatic hydroxyl groups excluding tert-OH is 1. The fourth-order valence-electron chi connectivity index (χ4n) is 5.06. The van der Waals surface area contributed by atoms with Gasteiger partial charge >= 0.3 is 0 Å². The quantitative estimate of drug-likeness (QED) is 0.621. The molecular weight excluding hydrogens is 354 g/mol. The van der Waals surface area contributed by atoms with Gasteiger partial charge in [0.2, 0.25) is 6.29 Å². The molecule has 3 aliphatic rings. The van der Waals surface area contributed by atoms with Gasteiger partial charge in [0.1, 0.15) is 0 Å². The van der Waals surface area contributed by atoms with Gasteiger partial charge in [0.15, 0.2) is 5.76 Å². The van der Waals surface area contributed by atoms with Gasteiger partial charge in [-0.1, -0.05) is 38.5 Å². The van der Waals surface area contributed by atoms with Crippen LogP contribution in [-0.2, 0) is 14.3 Å². The molecule has 0 unspecified atom stereocenters. The van der Waals surface area contributed by atoms with Crippen molar-refractivity contribution in [1.82, 2.24) is 4.90 Å². The Morgan fingerprint density at radius 1 is 1.11 bits per heavy atom. The lowest BCUT2D eigenvalue weighted by atomic mass is 9.77. The molecule has 0 spiro atoms. The van der Waals surface area contributed by atoms with Gasteiger partial charge in [-0.25, -0.2) is 0 Å². The Morgan fingerprint density at radius 3 is 2.46 bits per heavy atom. The lowest BCUT2D eigenvalue weighted by molar-refractivity contribution is -0.158. The van der Waals surface area contributed by atoms with Gasteiger partial charge in [0.05, 0.1) is 6.61 Å². The highest BCUT2D eigenvalue weighted by Crippen LogP contribution is 2.37. The van der Waals surface area contributed by atoms with Crippen LogP contribution in [0.15, 0.2) is 11.8 Å². The number of carbonyl (C=O) groups excluding carboxylic acids is 1. The maximum Gasteiger partial charge on any atom is 0.288 e. The minimum absolute atomic E-state index is 0.0244. The minimum atomic E-state index is -0.339. The van der Waals surface area contributed by atoms with Crippen molar-refractivity contribution >= 4 is 5.91 Å². The van der Waals surface area contributed by atoms with E-state index in [0.717, 1.165) is 32.1 Å². The van der Waals surface area contributed by atoms with E-state index in [9.17, 15) is 4.79 Å². The van der Waals surface area contributed by atoms with Crippen LogP contribution < -0.4 is 0 Å². The number of rotatable bonds is 8. The van der Waals surface area contributed by atoms with E-state index in [2.05, 4.69) is 6.08 Å². The molecular formula is C23H39NO4. The number of nitrogens with zero attached hydrogens (tertiary/aromatic N) is 1. The number of amides is 1. The molecule has 1 heterocycles. The molecule has 160 valence electrons. The zero-order valence-electron chi connectivity index (χ0n) is 17.6. The van der Waals surface area contributed by atoms with Crippen molar-refractivity contribution in [3.63, 3.8) is 0 Å². The molecule has 0 radical (unpaired) electrons. The van der Waals surface area contributed by atoms with E-state index in [1.807, 2.05) is 11.9 Å². The van der Waals surface area contributed by atoms with Crippen molar-refractivity contribution in [3.05, 3.63) is 11.8 Å². The molecule has 0 aromatic rings. The predicted octanol–water partition coefficient (Wildman–Crippen LogP) is 4.39. The van der Waals surface area contributed by atoms with E-state index < -0.39 is 0 Å². The van der Waals surface area contributed by atoms with Crippen LogP contribution in [0.1, 0.15) is 83.5 Å². The third kappa shape index (κ3) is 5.96. The second kappa shape index (κ2) is 11.2. The normalized spacial score (nSPS) is 27.1. The van der Waals surface area contributed by atoms with E-state index in [-0.39, 0.29) is 18.8 Å². The molecule has 0 saturated heterocycles. The van der Waals surface area contributed by atoms with Gasteiger partial charge < -0.3 is 19.5 Å². The maximum absolute atomic E-state index is 13.2. The molecule has 5 heteroatoms. The topological polar surface area (TPSA) is 59.0 Å². The number of hydrogen-bond donors (Lipinski definition) is 1. The molecule has 3 rings (SSSR count). The van der Waals surface area contributed by atoms with Gasteiger partial charge in [0, 0.05) is 26.1 Å². The average molecular weight is 394 g/mol. The second-order valence-corrected chi connectivity index (χ2v) is 8.89. The maximum atomic E-state index is 13.2. The number of hydrogen-bond acceptors (Lipinski definition) is 4. The standard InChI is InChI=1S/C23H39NO4/c1-24(20-12-6-3-7-13-20)23(26)21-16-19(18-10-4-2-5-11-18)17-22(28-21)27-15-9-8-14-25/h16,18-20,22,25H,2-15,17H2,1H3/t19-,22+/m1/s1. The van der Waals surface area contributed by atoms with Crippen molar-refractivity contribution in [2.24, 2.45) is 11.8 Å². The van der Waals surface area contributed by atoms with E-state index in [0.29, 0.717) is 30.2 Å². The van der Waals surface area contributed by atoms with Crippen LogP contribution in [0.25, 0.3) is 0 Å². The fraction of sp³-hybridized carbons (Fsp3) is 0.870. The van der Waals surface area contributed by atoms with Crippen LogP contribution in [0.2, 0.25) is 0 Å². The van der Waals surface area contributed by atoms with Crippen molar-refractivity contribution in [3.8, 4) is 0 Å². The summed E-state index contributed by atoms with van der Waals surface area (Å²) in [5, 5.41) is 8.97. The number of aliphatic hydroxyl groups is 1. The summed E-state index contributed by atoms with van der Waals surface area (Å²) in [6, 6.07) is 0.338. The molecule has 2 atom stereocenters. The highest BCUT2D eigenvalue weighted by Gasteiger charge is 2.35. The molecule has 1 N–H and O–H groups in total. The van der Waals surface area contributed by atoms with E-state index >= 15 is 0 Å². The first kappa shape index (κ1) is 21.6. The molecule has 0 aromatic carbocycles. The molecule has 28 heavy (non-hydrogen) atoms. The molecule has 0 aromatic heterocycles. The van der Waals surface area contributed by atoms with Crippen LogP contribution in [-0.4, -0.2) is 48.5 Å². The average Bonchev–Trinajstić information content (AvgIpc) is 2.76. The molecule has 0 bridgehead atoms. The summed E-state index contributed by atoms with van der Waals surface area (Å²) >= 11 is 0. The fourth-order valence-corrected chi connectivity index (χ4v) is 5.06. The van der Waals surface area contributed by atoms with E-state index in [1.54, 1.807) is 0 Å². The summed E-state index contributed by atoms with van der Waals surface area (Å²) in [6.45, 7) is 0.762. The number of allylic oxidation sites excluding steroid dienone is 1. The van der Waals surface area contributed by atoms with Crippen LogP contribution in [0.3, 0.4) is 0 Å². The first-order valence-corrected chi connectivity index (χ1v) is 11.6. The first-order valence-electron chi connectivity index (χ1n) is 11.6. The van der Waals surface area contributed by atoms with Crippen molar-refractivity contribution in [2.45, 2.75) is 95.8 Å². The summed E-state index contributed by atoms with van der Waals surface area (Å²) in [6.07, 6.45) is 16.5. The van der Waals surface area contributed by atoms with Gasteiger partial charge in [0.25, 0.3) is 5.91 Å². The van der Waals surface area contributed by atoms with Gasteiger partial charge in [-0.3, -0.25) is 4.79 Å². The molecule has 2 aliphatic carbocycles. The summed E-state index contributed by atoms with van der Waals surface area (Å²) in [5.74, 6) is 1.54. The monoisotopic (exact) mass is 393 g/mol. The SMILES string of the molecule is CN(C(=O)C1=C[C@@H](C2CCCCC2)C[C@@H](OCCCCO)O1)C1CCCCC1. The number of likely N-dealkylation sites (N-methyl/N-ethyl adjacent to an activating group) is 1. The third-order valence-electron chi connectivity index (χ3n) is 6.85. The molecule has 1 amide bonds. The first-order chi connectivity index (χ1) is 13.7. The smallest absolute Gasteiger partial charge is 0.288 e. The second-order valence-electron chi connectivity index (χ2n) is 8.89. The van der Waals surface area contributed by atoms with Gasteiger partial charge in [-0.15, -0.1) is 0 Å². The number of carbonyl (C=O) groups is 1.